The first kappa shape index (κ1) is 19.2. The third-order valence-electron chi connectivity index (χ3n) is 4.14. The molecule has 1 amide bonds. The summed E-state index contributed by atoms with van der Waals surface area (Å²) in [7, 11) is 3.33. The van der Waals surface area contributed by atoms with Gasteiger partial charge in [0.05, 0.1) is 12.2 Å². The third kappa shape index (κ3) is 4.97. The summed E-state index contributed by atoms with van der Waals surface area (Å²) < 4.78 is 5.54. The molecule has 28 heavy (non-hydrogen) atoms. The largest absolute Gasteiger partial charge is 0.444 e. The number of amides is 1. The minimum atomic E-state index is -0.0977. The second kappa shape index (κ2) is 9.36. The van der Waals surface area contributed by atoms with E-state index < -0.39 is 0 Å². The summed E-state index contributed by atoms with van der Waals surface area (Å²) >= 11 is 0. The van der Waals surface area contributed by atoms with Crippen LogP contribution in [0.5, 0.6) is 0 Å². The summed E-state index contributed by atoms with van der Waals surface area (Å²) in [6, 6.07) is 17.2. The van der Waals surface area contributed by atoms with Crippen LogP contribution < -0.4 is 16.0 Å². The van der Waals surface area contributed by atoms with Gasteiger partial charge in [-0.2, -0.15) is 0 Å². The lowest BCUT2D eigenvalue weighted by molar-refractivity contribution is 0.0963. The maximum atomic E-state index is 11.6. The molecule has 0 unspecified atom stereocenters. The summed E-state index contributed by atoms with van der Waals surface area (Å²) in [6.45, 7) is 1.08. The Morgan fingerprint density at radius 3 is 2.43 bits per heavy atom. The van der Waals surface area contributed by atoms with Crippen LogP contribution in [0, 0.1) is 0 Å². The number of benzene rings is 2. The van der Waals surface area contributed by atoms with Crippen LogP contribution in [-0.4, -0.2) is 30.9 Å². The number of carbonyl (C=O) groups excluding carboxylic acids is 1. The van der Waals surface area contributed by atoms with Gasteiger partial charge in [-0.3, -0.25) is 9.79 Å². The van der Waals surface area contributed by atoms with Crippen LogP contribution >= 0.6 is 0 Å². The molecule has 0 radical (unpaired) electrons. The molecule has 7 nitrogen and oxygen atoms in total. The van der Waals surface area contributed by atoms with E-state index in [-0.39, 0.29) is 5.91 Å². The van der Waals surface area contributed by atoms with Crippen LogP contribution in [0.2, 0.25) is 0 Å². The number of oxazole rings is 1. The van der Waals surface area contributed by atoms with E-state index in [1.165, 1.54) is 0 Å². The summed E-state index contributed by atoms with van der Waals surface area (Å²) in [6.07, 6.45) is 1.64. The number of hydrogen-bond acceptors (Lipinski definition) is 4. The number of hydrogen-bond donors (Lipinski definition) is 3. The highest BCUT2D eigenvalue weighted by atomic mass is 16.3. The minimum Gasteiger partial charge on any atom is -0.444 e. The van der Waals surface area contributed by atoms with Gasteiger partial charge in [0, 0.05) is 31.8 Å². The Morgan fingerprint density at radius 2 is 1.75 bits per heavy atom. The van der Waals surface area contributed by atoms with Crippen molar-refractivity contribution in [2.24, 2.45) is 4.99 Å². The quantitative estimate of drug-likeness (QED) is 0.454. The highest BCUT2D eigenvalue weighted by Gasteiger charge is 2.07. The van der Waals surface area contributed by atoms with Gasteiger partial charge < -0.3 is 20.4 Å². The molecule has 0 spiro atoms. The van der Waals surface area contributed by atoms with Crippen molar-refractivity contribution in [1.29, 1.82) is 0 Å². The first-order valence-corrected chi connectivity index (χ1v) is 8.95. The van der Waals surface area contributed by atoms with Crippen molar-refractivity contribution in [2.75, 3.05) is 14.1 Å². The molecule has 144 valence electrons. The predicted molar refractivity (Wildman–Crippen MR) is 109 cm³/mol. The highest BCUT2D eigenvalue weighted by Crippen LogP contribution is 2.17. The van der Waals surface area contributed by atoms with Crippen molar-refractivity contribution < 1.29 is 9.21 Å². The van der Waals surface area contributed by atoms with Crippen LogP contribution in [0.1, 0.15) is 21.6 Å². The number of aliphatic imine (C=N–C) groups is 1. The van der Waals surface area contributed by atoms with Crippen LogP contribution in [-0.2, 0) is 13.1 Å². The number of carbonyl (C=O) groups is 1. The average Bonchev–Trinajstić information content (AvgIpc) is 3.23. The van der Waals surface area contributed by atoms with E-state index in [2.05, 4.69) is 25.9 Å². The number of guanidine groups is 1. The predicted octanol–water partition coefficient (Wildman–Crippen LogP) is 2.57. The van der Waals surface area contributed by atoms with E-state index >= 15 is 0 Å². The van der Waals surface area contributed by atoms with Crippen LogP contribution in [0.25, 0.3) is 11.5 Å². The molecule has 3 aromatic rings. The molecule has 2 aromatic carbocycles. The molecule has 0 saturated carbocycles. The fraction of sp³-hybridized carbons (Fsp3) is 0.190. The second-order valence-electron chi connectivity index (χ2n) is 6.07. The molecule has 0 aliphatic carbocycles. The maximum Gasteiger partial charge on any atom is 0.251 e. The fourth-order valence-electron chi connectivity index (χ4n) is 2.60. The van der Waals surface area contributed by atoms with Gasteiger partial charge in [0.15, 0.2) is 5.96 Å². The molecule has 1 aromatic heterocycles. The van der Waals surface area contributed by atoms with Gasteiger partial charge in [0.2, 0.25) is 5.89 Å². The Labute approximate surface area is 163 Å². The summed E-state index contributed by atoms with van der Waals surface area (Å²) in [5, 5.41) is 9.06. The number of nitrogens with zero attached hydrogens (tertiary/aromatic N) is 2. The molecule has 0 bridgehead atoms. The first-order chi connectivity index (χ1) is 13.7. The van der Waals surface area contributed by atoms with E-state index in [1.807, 2.05) is 42.5 Å². The van der Waals surface area contributed by atoms with Gasteiger partial charge in [-0.1, -0.05) is 30.3 Å². The minimum absolute atomic E-state index is 0.0977. The Balaban J connectivity index is 1.51. The van der Waals surface area contributed by atoms with E-state index in [0.717, 1.165) is 16.8 Å². The van der Waals surface area contributed by atoms with Gasteiger partial charge in [0.1, 0.15) is 6.26 Å². The molecule has 7 heteroatoms. The summed E-state index contributed by atoms with van der Waals surface area (Å²) in [5.74, 6) is 1.15. The number of rotatable bonds is 6. The molecule has 0 fully saturated rings. The smallest absolute Gasteiger partial charge is 0.251 e. The highest BCUT2D eigenvalue weighted by molar-refractivity contribution is 5.93. The third-order valence-corrected chi connectivity index (χ3v) is 4.14. The Kier molecular flexibility index (Phi) is 6.41. The molecular weight excluding hydrogens is 354 g/mol. The Bertz CT molecular complexity index is 933. The van der Waals surface area contributed by atoms with Gasteiger partial charge in [0.25, 0.3) is 5.91 Å². The molecule has 0 saturated heterocycles. The van der Waals surface area contributed by atoms with E-state index in [0.29, 0.717) is 30.5 Å². The molecular formula is C21H23N5O2. The van der Waals surface area contributed by atoms with Crippen molar-refractivity contribution >= 4 is 11.9 Å². The maximum absolute atomic E-state index is 11.6. The lowest BCUT2D eigenvalue weighted by atomic mass is 10.1. The second-order valence-corrected chi connectivity index (χ2v) is 6.07. The van der Waals surface area contributed by atoms with E-state index in [1.54, 1.807) is 32.5 Å². The molecule has 1 heterocycles. The molecule has 3 N–H and O–H groups in total. The topological polar surface area (TPSA) is 91.5 Å². The van der Waals surface area contributed by atoms with Crippen molar-refractivity contribution in [1.82, 2.24) is 20.9 Å². The Morgan fingerprint density at radius 1 is 1.04 bits per heavy atom. The first-order valence-electron chi connectivity index (χ1n) is 8.95. The van der Waals surface area contributed by atoms with Gasteiger partial charge in [-0.15, -0.1) is 0 Å². The average molecular weight is 377 g/mol. The van der Waals surface area contributed by atoms with Crippen molar-refractivity contribution in [2.45, 2.75) is 13.1 Å². The number of nitrogens with one attached hydrogen (secondary N) is 3. The van der Waals surface area contributed by atoms with Gasteiger partial charge in [-0.25, -0.2) is 4.98 Å². The zero-order chi connectivity index (χ0) is 19.8. The molecule has 3 rings (SSSR count). The zero-order valence-corrected chi connectivity index (χ0v) is 15.9. The number of aromatic nitrogens is 1. The van der Waals surface area contributed by atoms with Crippen LogP contribution in [0.15, 0.2) is 70.3 Å². The molecule has 0 atom stereocenters. The summed E-state index contributed by atoms with van der Waals surface area (Å²) in [4.78, 5) is 20.3. The molecule has 0 aliphatic rings. The Hall–Kier alpha value is -3.61. The standard InChI is InChI=1S/C21H23N5O2/c1-22-19(27)16-10-8-15(9-11-16)12-24-21(23-2)25-13-18-14-28-20(26-18)17-6-4-3-5-7-17/h3-11,14H,12-13H2,1-2H3,(H,22,27)(H2,23,24,25). The molecule has 0 aliphatic heterocycles. The fourth-order valence-corrected chi connectivity index (χ4v) is 2.60. The van der Waals surface area contributed by atoms with Gasteiger partial charge in [-0.05, 0) is 29.8 Å². The van der Waals surface area contributed by atoms with Crippen molar-refractivity contribution in [3.63, 3.8) is 0 Å². The normalized spacial score (nSPS) is 11.1. The van der Waals surface area contributed by atoms with Gasteiger partial charge >= 0.3 is 0 Å². The lowest BCUT2D eigenvalue weighted by Crippen LogP contribution is -2.36. The lowest BCUT2D eigenvalue weighted by Gasteiger charge is -2.11. The van der Waals surface area contributed by atoms with Crippen LogP contribution in [0.4, 0.5) is 0 Å². The zero-order valence-electron chi connectivity index (χ0n) is 15.9. The monoisotopic (exact) mass is 377 g/mol. The van der Waals surface area contributed by atoms with Crippen molar-refractivity contribution in [3.8, 4) is 11.5 Å². The SMILES string of the molecule is CN=C(NCc1ccc(C(=O)NC)cc1)NCc1coc(-c2ccccc2)n1. The summed E-state index contributed by atoms with van der Waals surface area (Å²) in [5.41, 5.74) is 3.41. The van der Waals surface area contributed by atoms with E-state index in [4.69, 9.17) is 4.42 Å². The van der Waals surface area contributed by atoms with Crippen LogP contribution in [0.3, 0.4) is 0 Å². The van der Waals surface area contributed by atoms with E-state index in [9.17, 15) is 4.79 Å². The van der Waals surface area contributed by atoms with Crippen molar-refractivity contribution in [3.05, 3.63) is 77.7 Å².